The molecule has 1 saturated carbocycles. The molecule has 6 heteroatoms. The molecule has 1 aliphatic rings. The molecule has 1 fully saturated rings. The molecule has 2 atom stereocenters. The Kier molecular flexibility index (Phi) is 3.75. The molecule has 0 aliphatic heterocycles. The second kappa shape index (κ2) is 5.14. The van der Waals surface area contributed by atoms with Crippen molar-refractivity contribution in [1.82, 2.24) is 10.3 Å². The predicted molar refractivity (Wildman–Crippen MR) is 75.1 cm³/mol. The predicted octanol–water partition coefficient (Wildman–Crippen LogP) is 1.71. The van der Waals surface area contributed by atoms with Gasteiger partial charge in [0, 0.05) is 20.1 Å². The number of amides is 1. The van der Waals surface area contributed by atoms with Crippen LogP contribution in [0.4, 0.5) is 10.9 Å². The van der Waals surface area contributed by atoms with Gasteiger partial charge in [0.05, 0.1) is 0 Å². The molecule has 2 rings (SSSR count). The highest BCUT2D eigenvalue weighted by atomic mass is 32.1. The number of carbonyl (C=O) groups excluding carboxylic acids is 1. The van der Waals surface area contributed by atoms with Crippen LogP contribution in [-0.4, -0.2) is 31.0 Å². The number of aromatic nitrogens is 1. The van der Waals surface area contributed by atoms with Gasteiger partial charge in [-0.3, -0.25) is 4.79 Å². The summed E-state index contributed by atoms with van der Waals surface area (Å²) in [6.07, 6.45) is 3.45. The molecule has 1 amide bonds. The number of rotatable bonds is 5. The summed E-state index contributed by atoms with van der Waals surface area (Å²) in [4.78, 5) is 18.6. The fourth-order valence-electron chi connectivity index (χ4n) is 2.02. The van der Waals surface area contributed by atoms with Crippen LogP contribution in [0.5, 0.6) is 0 Å². The molecule has 2 unspecified atom stereocenters. The zero-order chi connectivity index (χ0) is 13.3. The minimum atomic E-state index is -0.0818. The quantitative estimate of drug-likeness (QED) is 0.853. The van der Waals surface area contributed by atoms with E-state index in [1.165, 1.54) is 24.2 Å². The van der Waals surface area contributed by atoms with Crippen LogP contribution in [0.15, 0.2) is 0 Å². The van der Waals surface area contributed by atoms with Crippen molar-refractivity contribution in [2.24, 2.45) is 5.92 Å². The van der Waals surface area contributed by atoms with E-state index >= 15 is 0 Å². The van der Waals surface area contributed by atoms with Gasteiger partial charge in [0.25, 0.3) is 5.91 Å². The van der Waals surface area contributed by atoms with Gasteiger partial charge in [-0.1, -0.05) is 24.7 Å². The van der Waals surface area contributed by atoms with Crippen molar-refractivity contribution in [3.63, 3.8) is 0 Å². The third-order valence-corrected chi connectivity index (χ3v) is 4.37. The molecular weight excluding hydrogens is 248 g/mol. The highest BCUT2D eigenvalue weighted by molar-refractivity contribution is 7.18. The van der Waals surface area contributed by atoms with Crippen LogP contribution in [0.3, 0.4) is 0 Å². The molecule has 5 nitrogen and oxygen atoms in total. The average Bonchev–Trinajstić information content (AvgIpc) is 2.88. The number of hydrogen-bond acceptors (Lipinski definition) is 5. The number of nitrogen functional groups attached to an aromatic ring is 1. The van der Waals surface area contributed by atoms with Gasteiger partial charge in [0.15, 0.2) is 5.13 Å². The topological polar surface area (TPSA) is 71.2 Å². The lowest BCUT2D eigenvalue weighted by atomic mass is 10.2. The van der Waals surface area contributed by atoms with Gasteiger partial charge < -0.3 is 16.0 Å². The maximum Gasteiger partial charge on any atom is 0.265 e. The lowest BCUT2D eigenvalue weighted by molar-refractivity contribution is 0.0953. The van der Waals surface area contributed by atoms with Crippen LogP contribution >= 0.6 is 11.3 Å². The van der Waals surface area contributed by atoms with Crippen LogP contribution < -0.4 is 16.0 Å². The summed E-state index contributed by atoms with van der Waals surface area (Å²) in [6, 6.07) is 0.335. The van der Waals surface area contributed by atoms with Crippen molar-refractivity contribution in [2.45, 2.75) is 32.2 Å². The standard InChI is InChI=1S/C12H20N4OS/c1-4-5-7-6-8(7)14-11(17)9-10(13)15-12(18-9)16(2)3/h7-8H,4-6,13H2,1-3H3,(H,14,17). The summed E-state index contributed by atoms with van der Waals surface area (Å²) < 4.78 is 0. The minimum Gasteiger partial charge on any atom is -0.382 e. The normalized spacial score (nSPS) is 21.7. The molecule has 1 aliphatic carbocycles. The summed E-state index contributed by atoms with van der Waals surface area (Å²) in [6.45, 7) is 2.17. The van der Waals surface area contributed by atoms with Crippen LogP contribution in [0.25, 0.3) is 0 Å². The van der Waals surface area contributed by atoms with Gasteiger partial charge in [0.1, 0.15) is 10.7 Å². The van der Waals surface area contributed by atoms with Gasteiger partial charge in [-0.05, 0) is 18.8 Å². The number of nitrogens with zero attached hydrogens (tertiary/aromatic N) is 2. The first-order valence-corrected chi connectivity index (χ1v) is 7.09. The smallest absolute Gasteiger partial charge is 0.265 e. The number of carbonyl (C=O) groups is 1. The summed E-state index contributed by atoms with van der Waals surface area (Å²) in [5, 5.41) is 3.79. The highest BCUT2D eigenvalue weighted by Gasteiger charge is 2.37. The highest BCUT2D eigenvalue weighted by Crippen LogP contribution is 2.35. The van der Waals surface area contributed by atoms with Gasteiger partial charge in [-0.2, -0.15) is 0 Å². The first-order valence-electron chi connectivity index (χ1n) is 6.27. The maximum atomic E-state index is 12.1. The monoisotopic (exact) mass is 268 g/mol. The zero-order valence-corrected chi connectivity index (χ0v) is 11.9. The van der Waals surface area contributed by atoms with Crippen molar-refractivity contribution in [1.29, 1.82) is 0 Å². The van der Waals surface area contributed by atoms with Crippen molar-refractivity contribution >= 4 is 28.2 Å². The Hall–Kier alpha value is -1.30. The first kappa shape index (κ1) is 13.1. The van der Waals surface area contributed by atoms with Gasteiger partial charge in [0.2, 0.25) is 0 Å². The van der Waals surface area contributed by atoms with E-state index in [0.29, 0.717) is 22.7 Å². The lowest BCUT2D eigenvalue weighted by Gasteiger charge is -2.05. The van der Waals surface area contributed by atoms with Crippen molar-refractivity contribution in [3.05, 3.63) is 4.88 Å². The van der Waals surface area contributed by atoms with Gasteiger partial charge in [-0.15, -0.1) is 0 Å². The Labute approximate surface area is 111 Å². The van der Waals surface area contributed by atoms with Crippen molar-refractivity contribution in [3.8, 4) is 0 Å². The molecule has 1 aromatic heterocycles. The van der Waals surface area contributed by atoms with E-state index in [0.717, 1.165) is 11.6 Å². The molecule has 3 N–H and O–H groups in total. The van der Waals surface area contributed by atoms with Crippen LogP contribution in [0.2, 0.25) is 0 Å². The fourth-order valence-corrected chi connectivity index (χ4v) is 2.83. The second-order valence-electron chi connectivity index (χ2n) is 4.97. The maximum absolute atomic E-state index is 12.1. The Balaban J connectivity index is 1.97. The summed E-state index contributed by atoms with van der Waals surface area (Å²) in [5.41, 5.74) is 5.78. The number of nitrogens with two attached hydrogens (primary N) is 1. The van der Waals surface area contributed by atoms with E-state index in [1.807, 2.05) is 19.0 Å². The van der Waals surface area contributed by atoms with Gasteiger partial charge in [-0.25, -0.2) is 4.98 Å². The lowest BCUT2D eigenvalue weighted by Crippen LogP contribution is -2.26. The number of anilines is 2. The Morgan fingerprint density at radius 2 is 2.33 bits per heavy atom. The van der Waals surface area contributed by atoms with E-state index < -0.39 is 0 Å². The Morgan fingerprint density at radius 1 is 1.61 bits per heavy atom. The minimum absolute atomic E-state index is 0.0818. The Morgan fingerprint density at radius 3 is 2.89 bits per heavy atom. The van der Waals surface area contributed by atoms with Crippen LogP contribution in [0, 0.1) is 5.92 Å². The number of hydrogen-bond donors (Lipinski definition) is 2. The van der Waals surface area contributed by atoms with Crippen LogP contribution in [-0.2, 0) is 0 Å². The molecule has 0 spiro atoms. The number of nitrogens with one attached hydrogen (secondary N) is 1. The molecule has 100 valence electrons. The van der Waals surface area contributed by atoms with E-state index in [-0.39, 0.29) is 5.91 Å². The largest absolute Gasteiger partial charge is 0.382 e. The van der Waals surface area contributed by atoms with E-state index in [1.54, 1.807) is 0 Å². The molecule has 0 aromatic carbocycles. The SMILES string of the molecule is CCCC1CC1NC(=O)c1sc(N(C)C)nc1N. The molecule has 1 heterocycles. The second-order valence-corrected chi connectivity index (χ2v) is 5.95. The third kappa shape index (κ3) is 2.75. The van der Waals surface area contributed by atoms with Crippen LogP contribution in [0.1, 0.15) is 35.9 Å². The molecule has 0 saturated heterocycles. The molecule has 1 aromatic rings. The molecule has 0 bridgehead atoms. The van der Waals surface area contributed by atoms with E-state index in [4.69, 9.17) is 5.73 Å². The van der Waals surface area contributed by atoms with Crippen molar-refractivity contribution < 1.29 is 4.79 Å². The Bertz CT molecular complexity index is 443. The molecule has 0 radical (unpaired) electrons. The summed E-state index contributed by atoms with van der Waals surface area (Å²) in [5.74, 6) is 0.900. The average molecular weight is 268 g/mol. The number of thiazole rings is 1. The van der Waals surface area contributed by atoms with E-state index in [9.17, 15) is 4.79 Å². The first-order chi connectivity index (χ1) is 8.52. The molecular formula is C12H20N4OS. The fraction of sp³-hybridized carbons (Fsp3) is 0.667. The summed E-state index contributed by atoms with van der Waals surface area (Å²) >= 11 is 1.34. The zero-order valence-electron chi connectivity index (χ0n) is 11.1. The van der Waals surface area contributed by atoms with Gasteiger partial charge >= 0.3 is 0 Å². The van der Waals surface area contributed by atoms with E-state index in [2.05, 4.69) is 17.2 Å². The van der Waals surface area contributed by atoms with Crippen molar-refractivity contribution in [2.75, 3.05) is 24.7 Å². The third-order valence-electron chi connectivity index (χ3n) is 3.13. The molecule has 18 heavy (non-hydrogen) atoms. The summed E-state index contributed by atoms with van der Waals surface area (Å²) in [7, 11) is 3.77.